The summed E-state index contributed by atoms with van der Waals surface area (Å²) in [5.41, 5.74) is 7.37. The molecule has 1 aromatic carbocycles. The van der Waals surface area contributed by atoms with Crippen molar-refractivity contribution in [2.45, 2.75) is 6.92 Å². The summed E-state index contributed by atoms with van der Waals surface area (Å²) in [5, 5.41) is 0. The SMILES string of the molecule is COC(=O)c1cc(N)ncc1-c1cccc(F)c1C. The molecule has 4 nitrogen and oxygen atoms in total. The summed E-state index contributed by atoms with van der Waals surface area (Å²) in [4.78, 5) is 15.7. The first kappa shape index (κ1) is 13.0. The molecule has 5 heteroatoms. The Hall–Kier alpha value is -2.43. The van der Waals surface area contributed by atoms with Crippen LogP contribution >= 0.6 is 0 Å². The first-order chi connectivity index (χ1) is 9.04. The number of benzene rings is 1. The monoisotopic (exact) mass is 260 g/mol. The molecule has 0 aliphatic heterocycles. The van der Waals surface area contributed by atoms with E-state index in [0.29, 0.717) is 16.7 Å². The van der Waals surface area contributed by atoms with E-state index in [1.165, 1.54) is 25.4 Å². The van der Waals surface area contributed by atoms with Gasteiger partial charge in [-0.3, -0.25) is 0 Å². The number of carbonyl (C=O) groups is 1. The van der Waals surface area contributed by atoms with Crippen molar-refractivity contribution in [3.05, 3.63) is 47.4 Å². The first-order valence-corrected chi connectivity index (χ1v) is 5.64. The third kappa shape index (κ3) is 2.40. The fourth-order valence-corrected chi connectivity index (χ4v) is 1.86. The normalized spacial score (nSPS) is 10.3. The number of nitrogens with zero attached hydrogens (tertiary/aromatic N) is 1. The predicted octanol–water partition coefficient (Wildman–Crippen LogP) is 2.56. The molecule has 19 heavy (non-hydrogen) atoms. The number of pyridine rings is 1. The molecule has 0 fully saturated rings. The molecule has 0 amide bonds. The van der Waals surface area contributed by atoms with Gasteiger partial charge in [-0.15, -0.1) is 0 Å². The number of rotatable bonds is 2. The van der Waals surface area contributed by atoms with Crippen LogP contribution in [-0.4, -0.2) is 18.1 Å². The summed E-state index contributed by atoms with van der Waals surface area (Å²) in [6, 6.07) is 6.08. The quantitative estimate of drug-likeness (QED) is 0.843. The lowest BCUT2D eigenvalue weighted by atomic mass is 9.97. The number of nitrogens with two attached hydrogens (primary N) is 1. The maximum absolute atomic E-state index is 13.6. The Bertz CT molecular complexity index is 641. The van der Waals surface area contributed by atoms with Crippen molar-refractivity contribution in [3.8, 4) is 11.1 Å². The highest BCUT2D eigenvalue weighted by Gasteiger charge is 2.17. The van der Waals surface area contributed by atoms with Gasteiger partial charge in [-0.1, -0.05) is 12.1 Å². The van der Waals surface area contributed by atoms with Crippen LogP contribution in [0.5, 0.6) is 0 Å². The Kier molecular flexibility index (Phi) is 3.46. The largest absolute Gasteiger partial charge is 0.465 e. The number of nitrogen functional groups attached to an aromatic ring is 1. The van der Waals surface area contributed by atoms with E-state index in [1.54, 1.807) is 19.1 Å². The zero-order chi connectivity index (χ0) is 14.0. The number of ether oxygens (including phenoxy) is 1. The number of anilines is 1. The molecule has 0 saturated carbocycles. The van der Waals surface area contributed by atoms with Gasteiger partial charge in [0.25, 0.3) is 0 Å². The zero-order valence-electron chi connectivity index (χ0n) is 10.6. The maximum atomic E-state index is 13.6. The van der Waals surface area contributed by atoms with E-state index in [1.807, 2.05) is 0 Å². The Morgan fingerprint density at radius 3 is 2.79 bits per heavy atom. The molecule has 2 N–H and O–H groups in total. The summed E-state index contributed by atoms with van der Waals surface area (Å²) in [7, 11) is 1.28. The van der Waals surface area contributed by atoms with Gasteiger partial charge in [0.1, 0.15) is 11.6 Å². The van der Waals surface area contributed by atoms with Gasteiger partial charge in [0, 0.05) is 11.8 Å². The van der Waals surface area contributed by atoms with Crippen molar-refractivity contribution < 1.29 is 13.9 Å². The van der Waals surface area contributed by atoms with Crippen molar-refractivity contribution >= 4 is 11.8 Å². The van der Waals surface area contributed by atoms with Gasteiger partial charge in [-0.25, -0.2) is 14.2 Å². The predicted molar refractivity (Wildman–Crippen MR) is 70.1 cm³/mol. The van der Waals surface area contributed by atoms with Crippen LogP contribution in [0.25, 0.3) is 11.1 Å². The number of hydrogen-bond acceptors (Lipinski definition) is 4. The van der Waals surface area contributed by atoms with Crippen LogP contribution in [0.15, 0.2) is 30.5 Å². The maximum Gasteiger partial charge on any atom is 0.338 e. The first-order valence-electron chi connectivity index (χ1n) is 5.64. The van der Waals surface area contributed by atoms with E-state index in [4.69, 9.17) is 10.5 Å². The second-order valence-corrected chi connectivity index (χ2v) is 4.06. The molecule has 0 unspecified atom stereocenters. The van der Waals surface area contributed by atoms with Gasteiger partial charge in [-0.05, 0) is 30.2 Å². The van der Waals surface area contributed by atoms with E-state index in [9.17, 15) is 9.18 Å². The summed E-state index contributed by atoms with van der Waals surface area (Å²) < 4.78 is 18.3. The number of hydrogen-bond donors (Lipinski definition) is 1. The number of carbonyl (C=O) groups excluding carboxylic acids is 1. The van der Waals surface area contributed by atoms with Crippen molar-refractivity contribution in [1.29, 1.82) is 0 Å². The second-order valence-electron chi connectivity index (χ2n) is 4.06. The van der Waals surface area contributed by atoms with Crippen LogP contribution in [0, 0.1) is 12.7 Å². The molecule has 0 atom stereocenters. The lowest BCUT2D eigenvalue weighted by Crippen LogP contribution is -2.06. The highest BCUT2D eigenvalue weighted by Crippen LogP contribution is 2.29. The van der Waals surface area contributed by atoms with Crippen molar-refractivity contribution in [2.75, 3.05) is 12.8 Å². The van der Waals surface area contributed by atoms with Crippen LogP contribution in [0.3, 0.4) is 0 Å². The molecular formula is C14H13FN2O2. The molecule has 0 saturated heterocycles. The van der Waals surface area contributed by atoms with Crippen LogP contribution in [0.4, 0.5) is 10.2 Å². The number of halogens is 1. The number of aromatic nitrogens is 1. The van der Waals surface area contributed by atoms with Gasteiger partial charge in [0.15, 0.2) is 0 Å². The number of esters is 1. The standard InChI is InChI=1S/C14H13FN2O2/c1-8-9(4-3-5-12(8)15)11-7-17-13(16)6-10(11)14(18)19-2/h3-7H,1-2H3,(H2,16,17). The van der Waals surface area contributed by atoms with E-state index in [-0.39, 0.29) is 17.2 Å². The zero-order valence-corrected chi connectivity index (χ0v) is 10.6. The fraction of sp³-hybridized carbons (Fsp3) is 0.143. The minimum Gasteiger partial charge on any atom is -0.465 e. The summed E-state index contributed by atoms with van der Waals surface area (Å²) in [6.45, 7) is 1.64. The molecule has 0 bridgehead atoms. The van der Waals surface area contributed by atoms with E-state index in [2.05, 4.69) is 4.98 Å². The fourth-order valence-electron chi connectivity index (χ4n) is 1.86. The molecule has 0 spiro atoms. The van der Waals surface area contributed by atoms with Gasteiger partial charge in [-0.2, -0.15) is 0 Å². The Morgan fingerprint density at radius 2 is 2.11 bits per heavy atom. The minimum atomic E-state index is -0.534. The summed E-state index contributed by atoms with van der Waals surface area (Å²) in [5.74, 6) is -0.670. The summed E-state index contributed by atoms with van der Waals surface area (Å²) >= 11 is 0. The van der Waals surface area contributed by atoms with Crippen LogP contribution in [0.1, 0.15) is 15.9 Å². The minimum absolute atomic E-state index is 0.207. The Labute approximate surface area is 110 Å². The van der Waals surface area contributed by atoms with Gasteiger partial charge < -0.3 is 10.5 Å². The van der Waals surface area contributed by atoms with Crippen molar-refractivity contribution in [3.63, 3.8) is 0 Å². The van der Waals surface area contributed by atoms with Gasteiger partial charge in [0.05, 0.1) is 12.7 Å². The van der Waals surface area contributed by atoms with E-state index < -0.39 is 5.97 Å². The smallest absolute Gasteiger partial charge is 0.338 e. The number of methoxy groups -OCH3 is 1. The third-order valence-electron chi connectivity index (χ3n) is 2.89. The van der Waals surface area contributed by atoms with Crippen LogP contribution in [0.2, 0.25) is 0 Å². The Morgan fingerprint density at radius 1 is 1.37 bits per heavy atom. The van der Waals surface area contributed by atoms with Gasteiger partial charge >= 0.3 is 5.97 Å². The lowest BCUT2D eigenvalue weighted by molar-refractivity contribution is 0.0601. The molecular weight excluding hydrogens is 247 g/mol. The van der Waals surface area contributed by atoms with Crippen molar-refractivity contribution in [2.24, 2.45) is 0 Å². The molecule has 98 valence electrons. The van der Waals surface area contributed by atoms with Crippen LogP contribution < -0.4 is 5.73 Å². The Balaban J connectivity index is 2.68. The van der Waals surface area contributed by atoms with Gasteiger partial charge in [0.2, 0.25) is 0 Å². The molecule has 0 aliphatic rings. The highest BCUT2D eigenvalue weighted by atomic mass is 19.1. The molecule has 2 rings (SSSR count). The van der Waals surface area contributed by atoms with E-state index in [0.717, 1.165) is 0 Å². The average Bonchev–Trinajstić information content (AvgIpc) is 2.41. The third-order valence-corrected chi connectivity index (χ3v) is 2.89. The highest BCUT2D eigenvalue weighted by molar-refractivity contribution is 5.98. The molecule has 2 aromatic rings. The lowest BCUT2D eigenvalue weighted by Gasteiger charge is -2.11. The topological polar surface area (TPSA) is 65.2 Å². The van der Waals surface area contributed by atoms with Crippen molar-refractivity contribution in [1.82, 2.24) is 4.98 Å². The molecule has 0 aliphatic carbocycles. The average molecular weight is 260 g/mol. The second kappa shape index (κ2) is 5.06. The van der Waals surface area contributed by atoms with Crippen LogP contribution in [-0.2, 0) is 4.74 Å². The molecule has 0 radical (unpaired) electrons. The molecule has 1 heterocycles. The van der Waals surface area contributed by atoms with E-state index >= 15 is 0 Å². The molecule has 1 aromatic heterocycles. The summed E-state index contributed by atoms with van der Waals surface area (Å²) in [6.07, 6.45) is 1.45.